The zero-order valence-corrected chi connectivity index (χ0v) is 12.6. The van der Waals surface area contributed by atoms with E-state index >= 15 is 0 Å². The lowest BCUT2D eigenvalue weighted by Gasteiger charge is -2.33. The molecule has 19 heavy (non-hydrogen) atoms. The summed E-state index contributed by atoms with van der Waals surface area (Å²) in [6.45, 7) is 6.07. The van der Waals surface area contributed by atoms with Crippen molar-refractivity contribution in [3.8, 4) is 0 Å². The minimum absolute atomic E-state index is 0.672. The summed E-state index contributed by atoms with van der Waals surface area (Å²) in [6, 6.07) is 9.23. The highest BCUT2D eigenvalue weighted by atomic mass is 32.2. The molecule has 1 unspecified atom stereocenters. The Labute approximate surface area is 121 Å². The fourth-order valence-corrected chi connectivity index (χ4v) is 3.28. The molecule has 0 amide bonds. The number of rotatable bonds is 6. The van der Waals surface area contributed by atoms with Gasteiger partial charge in [-0.05, 0) is 38.6 Å². The molecule has 1 aromatic carbocycles. The Morgan fingerprint density at radius 2 is 2.26 bits per heavy atom. The van der Waals surface area contributed by atoms with Gasteiger partial charge in [0.2, 0.25) is 0 Å². The van der Waals surface area contributed by atoms with Crippen LogP contribution in [-0.2, 0) is 0 Å². The van der Waals surface area contributed by atoms with Crippen LogP contribution in [0.4, 0.5) is 5.69 Å². The number of thioether (sulfide) groups is 1. The number of benzene rings is 1. The third-order valence-electron chi connectivity index (χ3n) is 3.69. The molecule has 1 aliphatic heterocycles. The van der Waals surface area contributed by atoms with Gasteiger partial charge in [0.25, 0.3) is 0 Å². The minimum Gasteiger partial charge on any atom is -0.383 e. The monoisotopic (exact) mass is 276 g/mol. The van der Waals surface area contributed by atoms with Crippen molar-refractivity contribution in [3.63, 3.8) is 0 Å². The van der Waals surface area contributed by atoms with Crippen LogP contribution in [0.2, 0.25) is 0 Å². The largest absolute Gasteiger partial charge is 0.383 e. The predicted octanol–water partition coefficient (Wildman–Crippen LogP) is 3.86. The number of hydrogen-bond acceptors (Lipinski definition) is 3. The third-order valence-corrected chi connectivity index (χ3v) is 4.76. The average molecular weight is 276 g/mol. The Morgan fingerprint density at radius 1 is 1.42 bits per heavy atom. The van der Waals surface area contributed by atoms with Crippen molar-refractivity contribution in [1.82, 2.24) is 4.90 Å². The average Bonchev–Trinajstić information content (AvgIpc) is 2.45. The van der Waals surface area contributed by atoms with Crippen LogP contribution >= 0.6 is 11.8 Å². The Kier molecular flexibility index (Phi) is 5.80. The minimum atomic E-state index is 0.672. The molecule has 3 heteroatoms. The van der Waals surface area contributed by atoms with Crippen molar-refractivity contribution >= 4 is 17.4 Å². The second-order valence-electron chi connectivity index (χ2n) is 5.11. The number of anilines is 1. The second-order valence-corrected chi connectivity index (χ2v) is 6.17. The maximum atomic E-state index is 3.79. The van der Waals surface area contributed by atoms with Crippen molar-refractivity contribution < 1.29 is 0 Å². The fraction of sp³-hybridized carbons (Fsp3) is 0.500. The molecule has 1 aliphatic rings. The van der Waals surface area contributed by atoms with Crippen LogP contribution < -0.4 is 5.32 Å². The van der Waals surface area contributed by atoms with Crippen molar-refractivity contribution in [3.05, 3.63) is 36.9 Å². The van der Waals surface area contributed by atoms with Crippen LogP contribution in [0.1, 0.15) is 19.3 Å². The quantitative estimate of drug-likeness (QED) is 0.627. The van der Waals surface area contributed by atoms with Crippen LogP contribution in [0, 0.1) is 0 Å². The molecule has 1 fully saturated rings. The van der Waals surface area contributed by atoms with Crippen LogP contribution in [0.25, 0.3) is 0 Å². The lowest BCUT2D eigenvalue weighted by molar-refractivity contribution is 0.194. The number of para-hydroxylation sites is 1. The van der Waals surface area contributed by atoms with E-state index in [0.717, 1.165) is 12.3 Å². The predicted molar refractivity (Wildman–Crippen MR) is 86.1 cm³/mol. The highest BCUT2D eigenvalue weighted by Crippen LogP contribution is 2.27. The molecule has 104 valence electrons. The molecule has 0 aliphatic carbocycles. The molecule has 0 spiro atoms. The van der Waals surface area contributed by atoms with Crippen molar-refractivity contribution in [2.24, 2.45) is 0 Å². The van der Waals surface area contributed by atoms with E-state index in [0.29, 0.717) is 6.04 Å². The maximum absolute atomic E-state index is 3.79. The summed E-state index contributed by atoms with van der Waals surface area (Å²) >= 11 is 1.84. The summed E-state index contributed by atoms with van der Waals surface area (Å²) in [4.78, 5) is 3.80. The van der Waals surface area contributed by atoms with Crippen LogP contribution in [0.3, 0.4) is 0 Å². The number of hydrogen-bond donors (Lipinski definition) is 1. The van der Waals surface area contributed by atoms with Gasteiger partial charge in [0.1, 0.15) is 0 Å². The van der Waals surface area contributed by atoms with Gasteiger partial charge in [0.15, 0.2) is 0 Å². The number of nitrogens with zero attached hydrogens (tertiary/aromatic N) is 1. The smallest absolute Gasteiger partial charge is 0.0479 e. The molecule has 1 aromatic rings. The molecule has 0 aromatic heterocycles. The van der Waals surface area contributed by atoms with E-state index in [2.05, 4.69) is 48.1 Å². The number of likely N-dealkylation sites (N-methyl/N-ethyl adjacent to an activating group) is 1. The van der Waals surface area contributed by atoms with Crippen LogP contribution in [0.15, 0.2) is 41.8 Å². The summed E-state index contributed by atoms with van der Waals surface area (Å²) < 4.78 is 0. The Morgan fingerprint density at radius 3 is 3.05 bits per heavy atom. The summed E-state index contributed by atoms with van der Waals surface area (Å²) in [7, 11) is 2.24. The highest BCUT2D eigenvalue weighted by molar-refractivity contribution is 7.99. The normalized spacial score (nSPS) is 20.2. The van der Waals surface area contributed by atoms with Gasteiger partial charge < -0.3 is 10.2 Å². The van der Waals surface area contributed by atoms with Crippen LogP contribution in [-0.4, -0.2) is 36.8 Å². The standard InChI is InChI=1S/C16H24N2S/c1-3-12-19-16-10-5-4-9-15(16)17-13-14-8-6-7-11-18(14)2/h3-5,9-10,14,17H,1,6-8,11-13H2,2H3. The van der Waals surface area contributed by atoms with Gasteiger partial charge >= 0.3 is 0 Å². The number of likely N-dealkylation sites (tertiary alicyclic amines) is 1. The SMILES string of the molecule is C=CCSc1ccccc1NCC1CCCCN1C. The van der Waals surface area contributed by atoms with E-state index in [-0.39, 0.29) is 0 Å². The molecule has 1 atom stereocenters. The molecule has 1 heterocycles. The first-order valence-corrected chi connectivity index (χ1v) is 8.06. The summed E-state index contributed by atoms with van der Waals surface area (Å²) in [5, 5.41) is 3.63. The highest BCUT2D eigenvalue weighted by Gasteiger charge is 2.18. The van der Waals surface area contributed by atoms with Crippen LogP contribution in [0.5, 0.6) is 0 Å². The molecule has 2 rings (SSSR count). The number of piperidine rings is 1. The fourth-order valence-electron chi connectivity index (χ4n) is 2.52. The van der Waals surface area contributed by atoms with Gasteiger partial charge in [-0.25, -0.2) is 0 Å². The van der Waals surface area contributed by atoms with Crippen molar-refractivity contribution in [2.75, 3.05) is 31.2 Å². The van der Waals surface area contributed by atoms with Gasteiger partial charge in [-0.3, -0.25) is 0 Å². The van der Waals surface area contributed by atoms with Gasteiger partial charge in [-0.2, -0.15) is 0 Å². The Bertz CT molecular complexity index is 405. The molecular formula is C16H24N2S. The van der Waals surface area contributed by atoms with Gasteiger partial charge in [0.05, 0.1) is 0 Å². The zero-order valence-electron chi connectivity index (χ0n) is 11.8. The van der Waals surface area contributed by atoms with E-state index in [9.17, 15) is 0 Å². The molecule has 1 N–H and O–H groups in total. The first kappa shape index (κ1) is 14.5. The maximum Gasteiger partial charge on any atom is 0.0479 e. The molecule has 1 saturated heterocycles. The molecule has 0 radical (unpaired) electrons. The van der Waals surface area contributed by atoms with E-state index in [1.54, 1.807) is 0 Å². The third kappa shape index (κ3) is 4.29. The Hall–Kier alpha value is -0.930. The lowest BCUT2D eigenvalue weighted by Crippen LogP contribution is -2.40. The zero-order chi connectivity index (χ0) is 13.5. The molecule has 0 saturated carbocycles. The molecule has 0 bridgehead atoms. The summed E-state index contributed by atoms with van der Waals surface area (Å²) in [5.74, 6) is 0.960. The van der Waals surface area contributed by atoms with Gasteiger partial charge in [-0.15, -0.1) is 18.3 Å². The first-order chi connectivity index (χ1) is 9.31. The van der Waals surface area contributed by atoms with E-state index < -0.39 is 0 Å². The first-order valence-electron chi connectivity index (χ1n) is 7.08. The molecule has 2 nitrogen and oxygen atoms in total. The summed E-state index contributed by atoms with van der Waals surface area (Å²) in [5.41, 5.74) is 1.26. The van der Waals surface area contributed by atoms with Gasteiger partial charge in [-0.1, -0.05) is 24.6 Å². The summed E-state index contributed by atoms with van der Waals surface area (Å²) in [6.07, 6.45) is 5.98. The Balaban J connectivity index is 1.92. The van der Waals surface area contributed by atoms with Crippen molar-refractivity contribution in [1.29, 1.82) is 0 Å². The van der Waals surface area contributed by atoms with E-state index in [1.807, 2.05) is 17.8 Å². The van der Waals surface area contributed by atoms with Gasteiger partial charge in [0, 0.05) is 28.9 Å². The van der Waals surface area contributed by atoms with E-state index in [1.165, 1.54) is 36.4 Å². The number of nitrogens with one attached hydrogen (secondary N) is 1. The lowest BCUT2D eigenvalue weighted by atomic mass is 10.0. The topological polar surface area (TPSA) is 15.3 Å². The van der Waals surface area contributed by atoms with Crippen molar-refractivity contribution in [2.45, 2.75) is 30.2 Å². The molecular weight excluding hydrogens is 252 g/mol. The van der Waals surface area contributed by atoms with E-state index in [4.69, 9.17) is 0 Å². The second kappa shape index (κ2) is 7.61.